The maximum Gasteiger partial charge on any atom is 0.266 e. The molecule has 2 fully saturated rings. The number of hydrogen-bond acceptors (Lipinski definition) is 6. The van der Waals surface area contributed by atoms with E-state index in [9.17, 15) is 22.4 Å². The summed E-state index contributed by atoms with van der Waals surface area (Å²) in [5, 5.41) is 0. The van der Waals surface area contributed by atoms with Crippen molar-refractivity contribution in [2.45, 2.75) is 19.4 Å². The number of likely N-dealkylation sites (N-methyl/N-ethyl adjacent to an activating group) is 1. The number of thiocarbonyl (C=S) groups is 1. The lowest BCUT2D eigenvalue weighted by molar-refractivity contribution is -0.136. The predicted molar refractivity (Wildman–Crippen MR) is 111 cm³/mol. The van der Waals surface area contributed by atoms with Crippen LogP contribution in [0, 0.1) is 5.82 Å². The first-order valence-electron chi connectivity index (χ1n) is 8.71. The summed E-state index contributed by atoms with van der Waals surface area (Å²) >= 11 is 6.29. The molecular weight excluding hydrogens is 423 g/mol. The van der Waals surface area contributed by atoms with E-state index in [1.54, 1.807) is 19.1 Å². The molecule has 2 aliphatic heterocycles. The average molecular weight is 443 g/mol. The van der Waals surface area contributed by atoms with Gasteiger partial charge in [0, 0.05) is 12.6 Å². The molecule has 2 aliphatic rings. The predicted octanol–water partition coefficient (Wildman–Crippen LogP) is 2.06. The summed E-state index contributed by atoms with van der Waals surface area (Å²) in [6.45, 7) is 1.89. The van der Waals surface area contributed by atoms with E-state index in [2.05, 4.69) is 0 Å². The molecule has 0 bridgehead atoms. The van der Waals surface area contributed by atoms with Crippen LogP contribution in [-0.4, -0.2) is 65.0 Å². The summed E-state index contributed by atoms with van der Waals surface area (Å²) in [6, 6.07) is 5.45. The van der Waals surface area contributed by atoms with E-state index in [0.29, 0.717) is 23.4 Å². The molecule has 3 rings (SSSR count). The van der Waals surface area contributed by atoms with Gasteiger partial charge < -0.3 is 4.90 Å². The summed E-state index contributed by atoms with van der Waals surface area (Å²) in [5.74, 6) is -1.15. The Hall–Kier alpha value is -1.78. The number of nitrogens with zero attached hydrogens (tertiary/aromatic N) is 2. The molecule has 10 heteroatoms. The van der Waals surface area contributed by atoms with Crippen molar-refractivity contribution in [2.24, 2.45) is 0 Å². The largest absolute Gasteiger partial charge is 0.337 e. The van der Waals surface area contributed by atoms with Crippen LogP contribution in [0.4, 0.5) is 4.39 Å². The van der Waals surface area contributed by atoms with Crippen LogP contribution in [0.25, 0.3) is 6.08 Å². The molecule has 0 radical (unpaired) electrons. The van der Waals surface area contributed by atoms with Gasteiger partial charge in [0.15, 0.2) is 9.84 Å². The minimum absolute atomic E-state index is 0.0511. The zero-order valence-electron chi connectivity index (χ0n) is 15.1. The van der Waals surface area contributed by atoms with E-state index >= 15 is 0 Å². The Kier molecular flexibility index (Phi) is 6.21. The van der Waals surface area contributed by atoms with Gasteiger partial charge in [0.25, 0.3) is 5.91 Å². The first-order chi connectivity index (χ1) is 13.2. The zero-order chi connectivity index (χ0) is 20.5. The van der Waals surface area contributed by atoms with Gasteiger partial charge in [0.1, 0.15) is 16.7 Å². The molecule has 0 aromatic heterocycles. The quantitative estimate of drug-likeness (QED) is 0.513. The molecule has 1 aromatic carbocycles. The Labute approximate surface area is 172 Å². The lowest BCUT2D eigenvalue weighted by Crippen LogP contribution is -2.47. The van der Waals surface area contributed by atoms with Crippen molar-refractivity contribution in [2.75, 3.05) is 24.6 Å². The molecule has 150 valence electrons. The Morgan fingerprint density at radius 3 is 2.82 bits per heavy atom. The summed E-state index contributed by atoms with van der Waals surface area (Å²) in [6.07, 6.45) is 1.94. The zero-order valence-corrected chi connectivity index (χ0v) is 17.6. The SMILES string of the molecule is CCN(C(=O)CN1C(=O)C(=Cc2cccc(F)c2)SC1=S)C1CCS(=O)(=O)C1. The van der Waals surface area contributed by atoms with Crippen molar-refractivity contribution in [3.63, 3.8) is 0 Å². The smallest absolute Gasteiger partial charge is 0.266 e. The van der Waals surface area contributed by atoms with E-state index < -0.39 is 21.6 Å². The van der Waals surface area contributed by atoms with Crippen LogP contribution in [0.2, 0.25) is 0 Å². The number of thioether (sulfide) groups is 1. The number of amides is 2. The van der Waals surface area contributed by atoms with Gasteiger partial charge in [-0.3, -0.25) is 14.5 Å². The Bertz CT molecular complexity index is 961. The lowest BCUT2D eigenvalue weighted by Gasteiger charge is -2.28. The Morgan fingerprint density at radius 2 is 2.21 bits per heavy atom. The first kappa shape index (κ1) is 20.9. The summed E-state index contributed by atoms with van der Waals surface area (Å²) in [5.41, 5.74) is 0.526. The molecule has 0 spiro atoms. The van der Waals surface area contributed by atoms with E-state index in [1.165, 1.54) is 28.0 Å². The second-order valence-corrected chi connectivity index (χ2v) is 10.5. The van der Waals surface area contributed by atoms with Crippen LogP contribution < -0.4 is 0 Å². The van der Waals surface area contributed by atoms with Crippen molar-refractivity contribution >= 4 is 56.0 Å². The molecule has 0 saturated carbocycles. The standard InChI is InChI=1S/C18H19FN2O4S3/c1-2-20(14-6-7-28(24,25)11-14)16(22)10-21-17(23)15(27-18(21)26)9-12-4-3-5-13(19)8-12/h3-5,8-9,14H,2,6-7,10-11H2,1H3. The van der Waals surface area contributed by atoms with E-state index in [-0.39, 0.29) is 34.3 Å². The van der Waals surface area contributed by atoms with Crippen molar-refractivity contribution < 1.29 is 22.4 Å². The van der Waals surface area contributed by atoms with Gasteiger partial charge in [-0.05, 0) is 37.1 Å². The highest BCUT2D eigenvalue weighted by Gasteiger charge is 2.38. The van der Waals surface area contributed by atoms with Crippen LogP contribution in [0.15, 0.2) is 29.2 Å². The molecule has 0 aliphatic carbocycles. The van der Waals surface area contributed by atoms with Crippen molar-refractivity contribution in [3.05, 3.63) is 40.6 Å². The van der Waals surface area contributed by atoms with Crippen LogP contribution in [0.1, 0.15) is 18.9 Å². The summed E-state index contributed by atoms with van der Waals surface area (Å²) < 4.78 is 37.0. The molecular formula is C18H19FN2O4S3. The fourth-order valence-electron chi connectivity index (χ4n) is 3.27. The molecule has 1 unspecified atom stereocenters. The van der Waals surface area contributed by atoms with E-state index in [4.69, 9.17) is 12.2 Å². The number of benzene rings is 1. The molecule has 28 heavy (non-hydrogen) atoms. The van der Waals surface area contributed by atoms with Crippen LogP contribution in [-0.2, 0) is 19.4 Å². The third kappa shape index (κ3) is 4.61. The third-order valence-electron chi connectivity index (χ3n) is 4.62. The molecule has 1 aromatic rings. The normalized spacial score (nSPS) is 22.9. The summed E-state index contributed by atoms with van der Waals surface area (Å²) in [7, 11) is -3.12. The Balaban J connectivity index is 1.72. The molecule has 2 heterocycles. The fourth-order valence-corrected chi connectivity index (χ4v) is 6.26. The molecule has 1 atom stereocenters. The van der Waals surface area contributed by atoms with Gasteiger partial charge >= 0.3 is 0 Å². The minimum Gasteiger partial charge on any atom is -0.337 e. The highest BCUT2D eigenvalue weighted by molar-refractivity contribution is 8.26. The number of carbonyl (C=O) groups is 2. The fraction of sp³-hybridized carbons (Fsp3) is 0.389. The van der Waals surface area contributed by atoms with Gasteiger partial charge in [0.2, 0.25) is 5.91 Å². The Morgan fingerprint density at radius 1 is 1.46 bits per heavy atom. The first-order valence-corrected chi connectivity index (χ1v) is 11.8. The van der Waals surface area contributed by atoms with Gasteiger partial charge in [-0.15, -0.1) is 0 Å². The number of sulfone groups is 1. The number of carbonyl (C=O) groups excluding carboxylic acids is 2. The number of halogens is 1. The highest BCUT2D eigenvalue weighted by atomic mass is 32.2. The molecule has 6 nitrogen and oxygen atoms in total. The number of hydrogen-bond donors (Lipinski definition) is 0. The van der Waals surface area contributed by atoms with Gasteiger partial charge in [-0.25, -0.2) is 12.8 Å². The maximum absolute atomic E-state index is 13.3. The molecule has 0 N–H and O–H groups in total. The van der Waals surface area contributed by atoms with Crippen molar-refractivity contribution in [1.29, 1.82) is 0 Å². The number of rotatable bonds is 5. The monoisotopic (exact) mass is 442 g/mol. The summed E-state index contributed by atoms with van der Waals surface area (Å²) in [4.78, 5) is 28.4. The van der Waals surface area contributed by atoms with Gasteiger partial charge in [-0.1, -0.05) is 36.1 Å². The van der Waals surface area contributed by atoms with Crippen LogP contribution >= 0.6 is 24.0 Å². The lowest BCUT2D eigenvalue weighted by atomic mass is 10.2. The average Bonchev–Trinajstić information content (AvgIpc) is 3.10. The third-order valence-corrected chi connectivity index (χ3v) is 7.75. The van der Waals surface area contributed by atoms with E-state index in [1.807, 2.05) is 0 Å². The van der Waals surface area contributed by atoms with Crippen molar-refractivity contribution in [3.8, 4) is 0 Å². The van der Waals surface area contributed by atoms with Crippen LogP contribution in [0.5, 0.6) is 0 Å². The second-order valence-electron chi connectivity index (χ2n) is 6.56. The minimum atomic E-state index is -3.12. The second kappa shape index (κ2) is 8.30. The molecule has 2 saturated heterocycles. The van der Waals surface area contributed by atoms with E-state index in [0.717, 1.165) is 11.8 Å². The van der Waals surface area contributed by atoms with Gasteiger partial charge in [-0.2, -0.15) is 0 Å². The van der Waals surface area contributed by atoms with Crippen molar-refractivity contribution in [1.82, 2.24) is 9.80 Å². The molecule has 2 amide bonds. The van der Waals surface area contributed by atoms with Gasteiger partial charge in [0.05, 0.1) is 16.4 Å². The van der Waals surface area contributed by atoms with Crippen LogP contribution in [0.3, 0.4) is 0 Å². The topological polar surface area (TPSA) is 74.8 Å². The maximum atomic E-state index is 13.3. The highest BCUT2D eigenvalue weighted by Crippen LogP contribution is 2.32.